The Morgan fingerprint density at radius 3 is 1.97 bits per heavy atom. The molecule has 0 saturated carbocycles. The van der Waals surface area contributed by atoms with Crippen molar-refractivity contribution in [2.75, 3.05) is 71.9 Å². The first-order valence-electron chi connectivity index (χ1n) is 9.66. The van der Waals surface area contributed by atoms with E-state index in [4.69, 9.17) is 29.4 Å². The van der Waals surface area contributed by atoms with Crippen molar-refractivity contribution in [1.29, 1.82) is 0 Å². The normalized spacial score (nSPS) is 11.4. The summed E-state index contributed by atoms with van der Waals surface area (Å²) in [5.41, 5.74) is 0. The number of hydrogen-bond acceptors (Lipinski definition) is 19. The second-order valence-corrected chi connectivity index (χ2v) is 16.2. The summed E-state index contributed by atoms with van der Waals surface area (Å²) in [5, 5.41) is 16.8. The highest BCUT2D eigenvalue weighted by atomic mass is 32.3. The van der Waals surface area contributed by atoms with Gasteiger partial charge in [-0.15, -0.1) is 106 Å². The quantitative estimate of drug-likeness (QED) is 0.0178. The molecule has 2 N–H and O–H groups in total. The maximum Gasteiger partial charge on any atom is 0.408 e. The molecule has 1 amide bonds. The third kappa shape index (κ3) is 33.6. The summed E-state index contributed by atoms with van der Waals surface area (Å²) in [6.07, 6.45) is 2.11. The third-order valence-corrected chi connectivity index (χ3v) is 12.4. The third-order valence-electron chi connectivity index (χ3n) is 2.56. The number of thioether (sulfide) groups is 9. The highest BCUT2D eigenvalue weighted by Gasteiger charge is 2.01. The molecule has 0 atom stereocenters. The summed E-state index contributed by atoms with van der Waals surface area (Å²) in [7, 11) is 0. The number of carbonyl (C=O) groups is 1. The fourth-order valence-electron chi connectivity index (χ4n) is 1.29. The number of carbonyl (C=O) groups excluding carboxylic acids is 1. The van der Waals surface area contributed by atoms with E-state index >= 15 is 0 Å². The molecule has 212 valence electrons. The smallest absolute Gasteiger partial charge is 0.408 e. The zero-order valence-electron chi connectivity index (χ0n) is 19.3. The lowest BCUT2D eigenvalue weighted by Gasteiger charge is -2.07. The van der Waals surface area contributed by atoms with Gasteiger partial charge in [0.25, 0.3) is 0 Å². The highest BCUT2D eigenvalue weighted by Crippen LogP contribution is 2.22. The number of aliphatic hydroxyl groups excluding tert-OH is 1. The summed E-state index contributed by atoms with van der Waals surface area (Å²) in [6, 6.07) is 0. The van der Waals surface area contributed by atoms with Crippen molar-refractivity contribution in [3.05, 3.63) is 0 Å². The van der Waals surface area contributed by atoms with Gasteiger partial charge in [-0.25, -0.2) is 14.8 Å². The van der Waals surface area contributed by atoms with E-state index in [-0.39, 0.29) is 18.0 Å². The maximum atomic E-state index is 11.6. The Morgan fingerprint density at radius 1 is 0.750 bits per heavy atom. The number of amides is 1. The van der Waals surface area contributed by atoms with Crippen LogP contribution in [-0.4, -0.2) is 95.9 Å². The molecule has 0 aromatic carbocycles. The van der Waals surface area contributed by atoms with Gasteiger partial charge < -0.3 is 24.9 Å². The minimum atomic E-state index is -0.384. The van der Waals surface area contributed by atoms with E-state index in [0.717, 1.165) is 30.5 Å². The van der Waals surface area contributed by atoms with Crippen molar-refractivity contribution in [1.82, 2.24) is 5.32 Å². The molecule has 0 heterocycles. The van der Waals surface area contributed by atoms with E-state index < -0.39 is 0 Å². The number of aliphatic imine (C=N–C) groups is 2. The Labute approximate surface area is 256 Å². The van der Waals surface area contributed by atoms with Gasteiger partial charge in [0, 0.05) is 30.5 Å². The van der Waals surface area contributed by atoms with E-state index in [1.54, 1.807) is 82.3 Å². The Kier molecular flexibility index (Phi) is 36.1. The van der Waals surface area contributed by atoms with Gasteiger partial charge in [-0.2, -0.15) is 22.4 Å². The van der Waals surface area contributed by atoms with Crippen molar-refractivity contribution in [2.45, 2.75) is 0 Å². The predicted molar refractivity (Wildman–Crippen MR) is 174 cm³/mol. The molecule has 0 aliphatic heterocycles. The number of hydrogen-bond donors (Lipinski definition) is 3. The summed E-state index contributed by atoms with van der Waals surface area (Å²) in [6.45, 7) is 0. The fraction of sp³-hybridized carbons (Fsp3) is 0.812. The number of ether oxygens (including phenoxy) is 1. The lowest BCUT2D eigenvalue weighted by molar-refractivity contribution is -0.196. The molecule has 0 aliphatic carbocycles. The number of rotatable bonds is 28. The van der Waals surface area contributed by atoms with Gasteiger partial charge >= 0.3 is 6.09 Å². The van der Waals surface area contributed by atoms with E-state index in [0.29, 0.717) is 29.5 Å². The van der Waals surface area contributed by atoms with Crippen LogP contribution in [0, 0.1) is 0 Å². The molecule has 0 aliphatic rings. The molecule has 36 heavy (non-hydrogen) atoms. The largest absolute Gasteiger partial charge is 0.438 e. The molecule has 0 saturated heterocycles. The number of nitrogens with one attached hydrogen (secondary N) is 1. The standard InChI is InChI=1S/C16H31N3O7S10/c20-6-30-8-25-24-2-18-4-28-10-33-14-34-11-29-5-19-16(21)22-7-31-12-35-15-36-13-32-9-26-23-1-17-3-27/h1-2,20,27H,3-15H2,(H,19,21)/b17-1-,18-2+. The van der Waals surface area contributed by atoms with E-state index in [2.05, 4.69) is 27.9 Å². The van der Waals surface area contributed by atoms with Crippen LogP contribution in [0.15, 0.2) is 9.98 Å². The zero-order chi connectivity index (χ0) is 26.2. The summed E-state index contributed by atoms with van der Waals surface area (Å²) in [5.74, 6) is 2.55. The van der Waals surface area contributed by atoms with E-state index in [1.165, 1.54) is 24.6 Å². The molecule has 20 heteroatoms. The van der Waals surface area contributed by atoms with Gasteiger partial charge in [-0.05, 0) is 0 Å². The van der Waals surface area contributed by atoms with E-state index in [9.17, 15) is 4.79 Å². The van der Waals surface area contributed by atoms with Crippen LogP contribution < -0.4 is 5.32 Å². The Morgan fingerprint density at radius 2 is 1.31 bits per heavy atom. The minimum Gasteiger partial charge on any atom is -0.438 e. The number of nitrogens with zero attached hydrogens (tertiary/aromatic N) is 2. The molecule has 0 rings (SSSR count). The molecular formula is C16H31N3O7S10. The second kappa shape index (κ2) is 34.6. The van der Waals surface area contributed by atoms with Gasteiger partial charge in [0.15, 0.2) is 0 Å². The monoisotopic (exact) mass is 697 g/mol. The molecule has 0 fully saturated rings. The Bertz CT molecular complexity index is 533. The number of alkyl carbamates (subject to hydrolysis) is 1. The highest BCUT2D eigenvalue weighted by molar-refractivity contribution is 8.26. The molecule has 0 spiro atoms. The second-order valence-electron chi connectivity index (χ2n) is 5.05. The topological polar surface area (TPSA) is 120 Å². The van der Waals surface area contributed by atoms with Crippen molar-refractivity contribution in [2.24, 2.45) is 9.98 Å². The lowest BCUT2D eigenvalue weighted by atomic mass is 11.1. The van der Waals surface area contributed by atoms with Crippen molar-refractivity contribution >= 4 is 137 Å². The van der Waals surface area contributed by atoms with Crippen molar-refractivity contribution in [3.63, 3.8) is 0 Å². The van der Waals surface area contributed by atoms with Crippen LogP contribution in [0.1, 0.15) is 0 Å². The van der Waals surface area contributed by atoms with Gasteiger partial charge in [-0.3, -0.25) is 0 Å². The lowest BCUT2D eigenvalue weighted by Crippen LogP contribution is -2.23. The molecule has 0 bridgehead atoms. The zero-order valence-corrected chi connectivity index (χ0v) is 27.5. The summed E-state index contributed by atoms with van der Waals surface area (Å²) >= 11 is 18.8. The van der Waals surface area contributed by atoms with Crippen LogP contribution in [0.4, 0.5) is 4.79 Å². The van der Waals surface area contributed by atoms with Crippen LogP contribution in [0.2, 0.25) is 0 Å². The minimum absolute atomic E-state index is 0.00336. The molecule has 0 radical (unpaired) electrons. The van der Waals surface area contributed by atoms with Crippen molar-refractivity contribution in [3.8, 4) is 0 Å². The van der Waals surface area contributed by atoms with Crippen LogP contribution >= 0.6 is 118 Å². The van der Waals surface area contributed by atoms with E-state index in [1.807, 2.05) is 11.8 Å². The van der Waals surface area contributed by atoms with Crippen molar-refractivity contribution < 1.29 is 34.2 Å². The van der Waals surface area contributed by atoms with Gasteiger partial charge in [0.05, 0.1) is 23.6 Å². The Hall–Kier alpha value is 1.59. The summed E-state index contributed by atoms with van der Waals surface area (Å²) < 4.78 is 5.14. The average molecular weight is 698 g/mol. The van der Waals surface area contributed by atoms with Crippen LogP contribution in [0.3, 0.4) is 0 Å². The molecular weight excluding hydrogens is 667 g/mol. The molecule has 0 aromatic rings. The number of thiol groups is 1. The maximum absolute atomic E-state index is 11.6. The number of aliphatic hydroxyl groups is 1. The summed E-state index contributed by atoms with van der Waals surface area (Å²) in [4.78, 5) is 38.4. The van der Waals surface area contributed by atoms with Gasteiger partial charge in [0.2, 0.25) is 12.8 Å². The van der Waals surface area contributed by atoms with Crippen LogP contribution in [0.25, 0.3) is 0 Å². The van der Waals surface area contributed by atoms with Crippen LogP contribution in [0.5, 0.6) is 0 Å². The van der Waals surface area contributed by atoms with Crippen LogP contribution in [-0.2, 0) is 24.3 Å². The predicted octanol–water partition coefficient (Wildman–Crippen LogP) is 5.63. The molecule has 0 unspecified atom stereocenters. The first-order valence-corrected chi connectivity index (χ1v) is 20.7. The average Bonchev–Trinajstić information content (AvgIpc) is 2.88. The SMILES string of the molecule is O=C(NCSCSCSCSC/N=C/OOCSCO)OCSCSCSCSCOO/C=N\CS. The molecule has 10 nitrogen and oxygen atoms in total. The fourth-order valence-corrected chi connectivity index (χ4v) is 9.80. The molecule has 0 aromatic heterocycles. The van der Waals surface area contributed by atoms with Gasteiger partial charge in [0.1, 0.15) is 17.8 Å². The Balaban J connectivity index is 3.19. The first-order chi connectivity index (χ1) is 17.8. The van der Waals surface area contributed by atoms with Gasteiger partial charge in [-0.1, -0.05) is 0 Å². The first kappa shape index (κ1) is 37.6.